The lowest BCUT2D eigenvalue weighted by atomic mass is 10.0. The molecule has 0 radical (unpaired) electrons. The fourth-order valence-electron chi connectivity index (χ4n) is 1.95. The van der Waals surface area contributed by atoms with Crippen LogP contribution in [0.4, 0.5) is 0 Å². The van der Waals surface area contributed by atoms with E-state index in [2.05, 4.69) is 6.58 Å². The van der Waals surface area contributed by atoms with Crippen LogP contribution in [0.1, 0.15) is 13.3 Å². The van der Waals surface area contributed by atoms with Crippen LogP contribution in [0.15, 0.2) is 12.7 Å². The molecule has 1 amide bonds. The van der Waals surface area contributed by atoms with Gasteiger partial charge in [0, 0.05) is 19.1 Å². The minimum Gasteiger partial charge on any atom is -0.481 e. The number of hydrogen-bond donors (Lipinski definition) is 1. The highest BCUT2D eigenvalue weighted by Crippen LogP contribution is 2.17. The molecule has 1 saturated heterocycles. The summed E-state index contributed by atoms with van der Waals surface area (Å²) in [6.45, 7) is 6.68. The standard InChI is InChI=1S/C11H18N2O3/c1-4-5-13-7-8(2)12(3)9(11(13)16)6-10(14)15/h4,8-9H,1,5-7H2,2-3H3,(H,14,15). The molecule has 90 valence electrons. The average Bonchev–Trinajstić information content (AvgIpc) is 2.21. The van der Waals surface area contributed by atoms with Crippen LogP contribution in [0.25, 0.3) is 0 Å². The Balaban J connectivity index is 2.81. The second-order valence-electron chi connectivity index (χ2n) is 4.16. The molecule has 16 heavy (non-hydrogen) atoms. The first kappa shape index (κ1) is 12.7. The number of carbonyl (C=O) groups excluding carboxylic acids is 1. The van der Waals surface area contributed by atoms with Gasteiger partial charge in [0.05, 0.1) is 12.5 Å². The zero-order valence-electron chi connectivity index (χ0n) is 9.72. The Morgan fingerprint density at radius 3 is 2.81 bits per heavy atom. The van der Waals surface area contributed by atoms with E-state index in [9.17, 15) is 9.59 Å². The van der Waals surface area contributed by atoms with Crippen molar-refractivity contribution in [1.29, 1.82) is 0 Å². The maximum atomic E-state index is 12.0. The van der Waals surface area contributed by atoms with Gasteiger partial charge in [0.15, 0.2) is 0 Å². The summed E-state index contributed by atoms with van der Waals surface area (Å²) in [6.07, 6.45) is 1.51. The summed E-state index contributed by atoms with van der Waals surface area (Å²) < 4.78 is 0. The first-order valence-corrected chi connectivity index (χ1v) is 5.30. The summed E-state index contributed by atoms with van der Waals surface area (Å²) in [4.78, 5) is 26.2. The highest BCUT2D eigenvalue weighted by atomic mass is 16.4. The lowest BCUT2D eigenvalue weighted by molar-refractivity contribution is -0.150. The van der Waals surface area contributed by atoms with E-state index in [0.717, 1.165) is 0 Å². The predicted molar refractivity (Wildman–Crippen MR) is 60.0 cm³/mol. The number of carboxylic acid groups (broad SMARTS) is 1. The first-order chi connectivity index (χ1) is 7.47. The summed E-state index contributed by atoms with van der Waals surface area (Å²) in [5.74, 6) is -1.07. The van der Waals surface area contributed by atoms with Gasteiger partial charge in [-0.1, -0.05) is 6.08 Å². The molecule has 1 aliphatic heterocycles. The van der Waals surface area contributed by atoms with E-state index in [0.29, 0.717) is 13.1 Å². The second-order valence-corrected chi connectivity index (χ2v) is 4.16. The Morgan fingerprint density at radius 1 is 1.69 bits per heavy atom. The number of hydrogen-bond acceptors (Lipinski definition) is 3. The summed E-state index contributed by atoms with van der Waals surface area (Å²) in [6, 6.07) is -0.386. The zero-order valence-corrected chi connectivity index (χ0v) is 9.72. The zero-order chi connectivity index (χ0) is 12.3. The van der Waals surface area contributed by atoms with Crippen LogP contribution in [0.5, 0.6) is 0 Å². The molecule has 2 atom stereocenters. The van der Waals surface area contributed by atoms with Gasteiger partial charge in [-0.2, -0.15) is 0 Å². The molecule has 1 fully saturated rings. The van der Waals surface area contributed by atoms with Gasteiger partial charge in [0.1, 0.15) is 0 Å². The largest absolute Gasteiger partial charge is 0.481 e. The van der Waals surface area contributed by atoms with Gasteiger partial charge in [-0.25, -0.2) is 0 Å². The molecule has 0 aromatic rings. The predicted octanol–water partition coefficient (Wildman–Crippen LogP) is 0.178. The molecule has 1 heterocycles. The van der Waals surface area contributed by atoms with Gasteiger partial charge >= 0.3 is 5.97 Å². The smallest absolute Gasteiger partial charge is 0.305 e. The molecule has 0 spiro atoms. The molecule has 2 unspecified atom stereocenters. The third kappa shape index (κ3) is 2.61. The number of piperazine rings is 1. The molecular weight excluding hydrogens is 208 g/mol. The van der Waals surface area contributed by atoms with E-state index in [1.807, 2.05) is 11.8 Å². The molecule has 0 aliphatic carbocycles. The van der Waals surface area contributed by atoms with Crippen LogP contribution in [0, 0.1) is 0 Å². The van der Waals surface area contributed by atoms with Gasteiger partial charge in [0.2, 0.25) is 5.91 Å². The van der Waals surface area contributed by atoms with Crippen molar-refractivity contribution in [3.8, 4) is 0 Å². The quantitative estimate of drug-likeness (QED) is 0.695. The fourth-order valence-corrected chi connectivity index (χ4v) is 1.95. The number of rotatable bonds is 4. The van der Waals surface area contributed by atoms with Crippen molar-refractivity contribution in [2.24, 2.45) is 0 Å². The van der Waals surface area contributed by atoms with E-state index in [-0.39, 0.29) is 18.4 Å². The second kappa shape index (κ2) is 5.12. The van der Waals surface area contributed by atoms with Crippen molar-refractivity contribution >= 4 is 11.9 Å². The molecule has 0 aromatic heterocycles. The van der Waals surface area contributed by atoms with Crippen LogP contribution in [0.3, 0.4) is 0 Å². The Morgan fingerprint density at radius 2 is 2.31 bits per heavy atom. The third-order valence-corrected chi connectivity index (χ3v) is 2.99. The molecule has 5 heteroatoms. The Bertz CT molecular complexity index is 304. The third-order valence-electron chi connectivity index (χ3n) is 2.99. The van der Waals surface area contributed by atoms with Crippen molar-refractivity contribution in [2.75, 3.05) is 20.1 Å². The minimum atomic E-state index is -0.946. The van der Waals surface area contributed by atoms with Crippen molar-refractivity contribution in [1.82, 2.24) is 9.80 Å². The topological polar surface area (TPSA) is 60.9 Å². The monoisotopic (exact) mass is 226 g/mol. The van der Waals surface area contributed by atoms with Crippen LogP contribution < -0.4 is 0 Å². The molecule has 5 nitrogen and oxygen atoms in total. The lowest BCUT2D eigenvalue weighted by Gasteiger charge is -2.42. The highest BCUT2D eigenvalue weighted by Gasteiger charge is 2.37. The van der Waals surface area contributed by atoms with Crippen molar-refractivity contribution < 1.29 is 14.7 Å². The van der Waals surface area contributed by atoms with Gasteiger partial charge < -0.3 is 10.0 Å². The number of amides is 1. The van der Waals surface area contributed by atoms with Gasteiger partial charge in [-0.15, -0.1) is 6.58 Å². The molecule has 1 aliphatic rings. The summed E-state index contributed by atoms with van der Waals surface area (Å²) in [5, 5.41) is 8.79. The van der Waals surface area contributed by atoms with Crippen molar-refractivity contribution in [2.45, 2.75) is 25.4 Å². The van der Waals surface area contributed by atoms with E-state index in [4.69, 9.17) is 5.11 Å². The average molecular weight is 226 g/mol. The minimum absolute atomic E-state index is 0.122. The van der Waals surface area contributed by atoms with E-state index in [1.165, 1.54) is 0 Å². The van der Waals surface area contributed by atoms with E-state index in [1.54, 1.807) is 18.0 Å². The number of nitrogens with zero attached hydrogens (tertiary/aromatic N) is 2. The number of likely N-dealkylation sites (N-methyl/N-ethyl adjacent to an activating group) is 1. The van der Waals surface area contributed by atoms with Crippen LogP contribution in [-0.2, 0) is 9.59 Å². The number of carbonyl (C=O) groups is 2. The van der Waals surface area contributed by atoms with Gasteiger partial charge in [-0.05, 0) is 14.0 Å². The maximum absolute atomic E-state index is 12.0. The Hall–Kier alpha value is -1.36. The highest BCUT2D eigenvalue weighted by molar-refractivity contribution is 5.87. The Kier molecular flexibility index (Phi) is 4.06. The molecule has 0 bridgehead atoms. The lowest BCUT2D eigenvalue weighted by Crippen LogP contribution is -2.59. The Labute approximate surface area is 95.3 Å². The van der Waals surface area contributed by atoms with Crippen molar-refractivity contribution in [3.63, 3.8) is 0 Å². The molecule has 0 aromatic carbocycles. The van der Waals surface area contributed by atoms with Gasteiger partial charge in [-0.3, -0.25) is 14.5 Å². The summed E-state index contributed by atoms with van der Waals surface area (Å²) in [7, 11) is 1.79. The molecular formula is C11H18N2O3. The van der Waals surface area contributed by atoms with Crippen LogP contribution in [0.2, 0.25) is 0 Å². The first-order valence-electron chi connectivity index (χ1n) is 5.30. The van der Waals surface area contributed by atoms with Crippen molar-refractivity contribution in [3.05, 3.63) is 12.7 Å². The molecule has 0 saturated carbocycles. The summed E-state index contributed by atoms with van der Waals surface area (Å²) in [5.41, 5.74) is 0. The summed E-state index contributed by atoms with van der Waals surface area (Å²) >= 11 is 0. The normalized spacial score (nSPS) is 26.9. The fraction of sp³-hybridized carbons (Fsp3) is 0.636. The van der Waals surface area contributed by atoms with E-state index < -0.39 is 12.0 Å². The number of carboxylic acids is 1. The van der Waals surface area contributed by atoms with Crippen LogP contribution in [-0.4, -0.2) is 59.0 Å². The van der Waals surface area contributed by atoms with Gasteiger partial charge in [0.25, 0.3) is 0 Å². The maximum Gasteiger partial charge on any atom is 0.305 e. The molecule has 1 rings (SSSR count). The SMILES string of the molecule is C=CCN1CC(C)N(C)C(CC(=O)O)C1=O. The number of aliphatic carboxylic acids is 1. The molecule has 1 N–H and O–H groups in total. The van der Waals surface area contributed by atoms with E-state index >= 15 is 0 Å². The van der Waals surface area contributed by atoms with Crippen LogP contribution >= 0.6 is 0 Å².